The summed E-state index contributed by atoms with van der Waals surface area (Å²) in [6.07, 6.45) is 0. The molecule has 0 bridgehead atoms. The van der Waals surface area contributed by atoms with Crippen LogP contribution in [-0.2, 0) is 19.8 Å². The average Bonchev–Trinajstić information content (AvgIpc) is 3.13. The van der Waals surface area contributed by atoms with Crippen molar-refractivity contribution in [1.82, 2.24) is 0 Å². The van der Waals surface area contributed by atoms with Crippen molar-refractivity contribution in [3.8, 4) is 0 Å². The third-order valence-electron chi connectivity index (χ3n) is 6.31. The first kappa shape index (κ1) is 26.3. The maximum atomic E-state index is 13.4. The summed E-state index contributed by atoms with van der Waals surface area (Å²) in [6, 6.07) is 18.1. The Morgan fingerprint density at radius 2 is 1.66 bits per heavy atom. The van der Waals surface area contributed by atoms with Crippen LogP contribution < -0.4 is 10.2 Å². The number of non-ortho nitro benzene ring substituents is 1. The third kappa shape index (κ3) is 5.04. The summed E-state index contributed by atoms with van der Waals surface area (Å²) in [5, 5.41) is 25.2. The van der Waals surface area contributed by atoms with Crippen molar-refractivity contribution in [1.29, 1.82) is 0 Å². The van der Waals surface area contributed by atoms with Gasteiger partial charge in [-0.15, -0.1) is 0 Å². The fourth-order valence-electron chi connectivity index (χ4n) is 4.44. The zero-order valence-corrected chi connectivity index (χ0v) is 21.4. The van der Waals surface area contributed by atoms with Crippen LogP contribution in [0.1, 0.15) is 50.4 Å². The van der Waals surface area contributed by atoms with Crippen LogP contribution in [0.3, 0.4) is 0 Å². The largest absolute Gasteiger partial charge is 0.507 e. The minimum Gasteiger partial charge on any atom is -0.507 e. The van der Waals surface area contributed by atoms with Gasteiger partial charge in [-0.1, -0.05) is 63.2 Å². The van der Waals surface area contributed by atoms with Crippen molar-refractivity contribution < 1.29 is 24.4 Å². The highest BCUT2D eigenvalue weighted by molar-refractivity contribution is 6.51. The molecular formula is C29H27N3O6. The van der Waals surface area contributed by atoms with Crippen LogP contribution in [0.2, 0.25) is 0 Å². The van der Waals surface area contributed by atoms with Crippen molar-refractivity contribution in [2.24, 2.45) is 0 Å². The van der Waals surface area contributed by atoms with E-state index < -0.39 is 28.4 Å². The number of hydrogen-bond donors (Lipinski definition) is 2. The van der Waals surface area contributed by atoms with Crippen LogP contribution in [-0.4, -0.2) is 27.6 Å². The molecule has 1 heterocycles. The van der Waals surface area contributed by atoms with Gasteiger partial charge in [0.15, 0.2) is 0 Å². The van der Waals surface area contributed by atoms with Gasteiger partial charge >= 0.3 is 0 Å². The van der Waals surface area contributed by atoms with Crippen molar-refractivity contribution in [2.75, 3.05) is 10.2 Å². The summed E-state index contributed by atoms with van der Waals surface area (Å²) >= 11 is 0. The first-order chi connectivity index (χ1) is 17.9. The van der Waals surface area contributed by atoms with E-state index in [1.54, 1.807) is 36.4 Å². The summed E-state index contributed by atoms with van der Waals surface area (Å²) in [5.74, 6) is -2.62. The van der Waals surface area contributed by atoms with E-state index in [4.69, 9.17) is 0 Å². The monoisotopic (exact) mass is 513 g/mol. The third-order valence-corrected chi connectivity index (χ3v) is 6.31. The van der Waals surface area contributed by atoms with Crippen LogP contribution in [0.5, 0.6) is 0 Å². The molecule has 38 heavy (non-hydrogen) atoms. The molecule has 2 amide bonds. The number of aliphatic hydroxyl groups is 1. The molecule has 0 aliphatic carbocycles. The fourth-order valence-corrected chi connectivity index (χ4v) is 4.44. The molecule has 0 aromatic heterocycles. The standard InChI is InChI=1S/C29H27N3O6/c1-17(33)30-21-8-6-9-22(16-21)31-25(18-11-13-20(14-12-18)29(2,3)4)24(27(35)28(31)36)26(34)19-7-5-10-23(15-19)32(37)38/h5-16,25,34H,1-4H3,(H,30,33)/b26-24-. The second-order valence-corrected chi connectivity index (χ2v) is 10.1. The van der Waals surface area contributed by atoms with Crippen LogP contribution in [0.25, 0.3) is 5.76 Å². The highest BCUT2D eigenvalue weighted by Gasteiger charge is 2.47. The van der Waals surface area contributed by atoms with Crippen LogP contribution in [0, 0.1) is 10.1 Å². The normalized spacial score (nSPS) is 16.9. The number of Topliss-reactive ketones (excluding diaryl/α,β-unsaturated/α-hetero) is 1. The zero-order valence-electron chi connectivity index (χ0n) is 21.4. The number of nitro benzene ring substituents is 1. The Balaban J connectivity index is 1.93. The molecule has 3 aromatic rings. The van der Waals surface area contributed by atoms with Crippen LogP contribution >= 0.6 is 0 Å². The van der Waals surface area contributed by atoms with Gasteiger partial charge in [-0.05, 0) is 34.7 Å². The molecule has 2 N–H and O–H groups in total. The van der Waals surface area contributed by atoms with Gasteiger partial charge < -0.3 is 10.4 Å². The van der Waals surface area contributed by atoms with E-state index in [0.29, 0.717) is 16.9 Å². The fraction of sp³-hybridized carbons (Fsp3) is 0.207. The number of carbonyl (C=O) groups excluding carboxylic acids is 3. The molecule has 1 atom stereocenters. The Hall–Kier alpha value is -4.79. The number of ketones is 1. The molecule has 3 aromatic carbocycles. The minimum absolute atomic E-state index is 0.0421. The van der Waals surface area contributed by atoms with E-state index in [1.807, 2.05) is 12.1 Å². The molecule has 1 fully saturated rings. The predicted octanol–water partition coefficient (Wildman–Crippen LogP) is 5.48. The molecule has 0 radical (unpaired) electrons. The summed E-state index contributed by atoms with van der Waals surface area (Å²) < 4.78 is 0. The number of rotatable bonds is 5. The molecule has 0 saturated carbocycles. The molecule has 1 unspecified atom stereocenters. The van der Waals surface area contributed by atoms with E-state index in [2.05, 4.69) is 26.1 Å². The van der Waals surface area contributed by atoms with Crippen molar-refractivity contribution in [3.05, 3.63) is 105 Å². The van der Waals surface area contributed by atoms with Crippen molar-refractivity contribution >= 4 is 40.4 Å². The lowest BCUT2D eigenvalue weighted by Gasteiger charge is -2.27. The number of aliphatic hydroxyl groups excluding tert-OH is 1. The van der Waals surface area contributed by atoms with Gasteiger partial charge in [-0.2, -0.15) is 0 Å². The molecule has 1 aliphatic heterocycles. The summed E-state index contributed by atoms with van der Waals surface area (Å²) in [4.78, 5) is 50.4. The number of amides is 2. The number of nitro groups is 1. The van der Waals surface area contributed by atoms with E-state index in [1.165, 1.54) is 30.0 Å². The van der Waals surface area contributed by atoms with Crippen LogP contribution in [0.15, 0.2) is 78.4 Å². The van der Waals surface area contributed by atoms with E-state index in [0.717, 1.165) is 11.6 Å². The number of carbonyl (C=O) groups is 3. The minimum atomic E-state index is -1.02. The second kappa shape index (κ2) is 9.93. The quantitative estimate of drug-likeness (QED) is 0.153. The molecule has 194 valence electrons. The predicted molar refractivity (Wildman–Crippen MR) is 144 cm³/mol. The van der Waals surface area contributed by atoms with Crippen molar-refractivity contribution in [2.45, 2.75) is 39.2 Å². The molecular weight excluding hydrogens is 486 g/mol. The van der Waals surface area contributed by atoms with Gasteiger partial charge in [0, 0.05) is 36.0 Å². The van der Waals surface area contributed by atoms with Gasteiger partial charge in [-0.25, -0.2) is 0 Å². The first-order valence-electron chi connectivity index (χ1n) is 11.9. The zero-order chi connectivity index (χ0) is 27.8. The Labute approximate surface area is 219 Å². The number of hydrogen-bond acceptors (Lipinski definition) is 6. The number of nitrogens with one attached hydrogen (secondary N) is 1. The number of anilines is 2. The van der Waals surface area contributed by atoms with Crippen molar-refractivity contribution in [3.63, 3.8) is 0 Å². The molecule has 9 heteroatoms. The van der Waals surface area contributed by atoms with E-state index in [9.17, 15) is 29.6 Å². The van der Waals surface area contributed by atoms with E-state index in [-0.39, 0.29) is 28.1 Å². The summed E-state index contributed by atoms with van der Waals surface area (Å²) in [6.45, 7) is 7.53. The molecule has 4 rings (SSSR count). The Bertz CT molecular complexity index is 1480. The molecule has 1 aliphatic rings. The van der Waals surface area contributed by atoms with E-state index >= 15 is 0 Å². The average molecular weight is 514 g/mol. The highest BCUT2D eigenvalue weighted by Crippen LogP contribution is 2.43. The lowest BCUT2D eigenvalue weighted by molar-refractivity contribution is -0.384. The maximum absolute atomic E-state index is 13.4. The summed E-state index contributed by atoms with van der Waals surface area (Å²) in [7, 11) is 0. The smallest absolute Gasteiger partial charge is 0.300 e. The SMILES string of the molecule is CC(=O)Nc1cccc(N2C(=O)C(=O)/C(=C(\O)c3cccc([N+](=O)[O-])c3)C2c2ccc(C(C)(C)C)cc2)c1. The van der Waals surface area contributed by atoms with Gasteiger partial charge in [-0.3, -0.25) is 29.4 Å². The van der Waals surface area contributed by atoms with Gasteiger partial charge in [0.25, 0.3) is 17.4 Å². The lowest BCUT2D eigenvalue weighted by Crippen LogP contribution is -2.29. The topological polar surface area (TPSA) is 130 Å². The number of benzene rings is 3. The maximum Gasteiger partial charge on any atom is 0.300 e. The van der Waals surface area contributed by atoms with Crippen LogP contribution in [0.4, 0.5) is 17.1 Å². The Morgan fingerprint density at radius 1 is 1.00 bits per heavy atom. The molecule has 0 spiro atoms. The van der Waals surface area contributed by atoms with Gasteiger partial charge in [0.1, 0.15) is 5.76 Å². The second-order valence-electron chi connectivity index (χ2n) is 10.1. The molecule has 9 nitrogen and oxygen atoms in total. The van der Waals surface area contributed by atoms with Gasteiger partial charge in [0.2, 0.25) is 5.91 Å². The first-order valence-corrected chi connectivity index (χ1v) is 11.9. The Kier molecular flexibility index (Phi) is 6.87. The number of nitrogens with zero attached hydrogens (tertiary/aromatic N) is 2. The highest BCUT2D eigenvalue weighted by atomic mass is 16.6. The lowest BCUT2D eigenvalue weighted by atomic mass is 9.85. The molecule has 1 saturated heterocycles. The Morgan fingerprint density at radius 3 is 2.26 bits per heavy atom. The van der Waals surface area contributed by atoms with Gasteiger partial charge in [0.05, 0.1) is 16.5 Å². The summed E-state index contributed by atoms with van der Waals surface area (Å²) in [5.41, 5.74) is 1.80.